The van der Waals surface area contributed by atoms with Crippen LogP contribution in [0, 0.1) is 6.92 Å². The zero-order chi connectivity index (χ0) is 16.5. The van der Waals surface area contributed by atoms with E-state index in [2.05, 4.69) is 40.4 Å². The van der Waals surface area contributed by atoms with Crippen LogP contribution in [0.2, 0.25) is 0 Å². The summed E-state index contributed by atoms with van der Waals surface area (Å²) in [6.07, 6.45) is 5.52. The van der Waals surface area contributed by atoms with E-state index >= 15 is 0 Å². The molecule has 0 radical (unpaired) electrons. The Morgan fingerprint density at radius 1 is 1.08 bits per heavy atom. The largest absolute Gasteiger partial charge is 0.341 e. The zero-order valence-corrected chi connectivity index (χ0v) is 14.2. The molecule has 0 atom stereocenters. The minimum atomic E-state index is 0.793. The molecule has 1 aliphatic heterocycles. The van der Waals surface area contributed by atoms with Crippen LogP contribution in [0.4, 0.5) is 17.5 Å². The predicted octanol–water partition coefficient (Wildman–Crippen LogP) is 3.41. The molecule has 124 valence electrons. The quantitative estimate of drug-likeness (QED) is 0.801. The van der Waals surface area contributed by atoms with Crippen molar-refractivity contribution in [2.75, 3.05) is 23.3 Å². The number of nitrogens with one attached hydrogen (secondary N) is 1. The summed E-state index contributed by atoms with van der Waals surface area (Å²) in [5, 5.41) is 8.75. The predicted molar refractivity (Wildman–Crippen MR) is 96.8 cm³/mol. The summed E-state index contributed by atoms with van der Waals surface area (Å²) in [6, 6.07) is 8.30. The van der Waals surface area contributed by atoms with E-state index in [9.17, 15) is 0 Å². The third kappa shape index (κ3) is 2.79. The van der Waals surface area contributed by atoms with Gasteiger partial charge in [-0.25, -0.2) is 0 Å². The third-order valence-electron chi connectivity index (χ3n) is 4.50. The van der Waals surface area contributed by atoms with Gasteiger partial charge in [-0.05, 0) is 43.9 Å². The fraction of sp³-hybridized carbons (Fsp3) is 0.389. The summed E-state index contributed by atoms with van der Waals surface area (Å²) in [4.78, 5) is 11.8. The minimum absolute atomic E-state index is 0.793. The number of aryl methyl sites for hydroxylation is 2. The van der Waals surface area contributed by atoms with E-state index in [1.807, 2.05) is 24.0 Å². The maximum absolute atomic E-state index is 4.81. The van der Waals surface area contributed by atoms with Crippen LogP contribution in [0.5, 0.6) is 0 Å². The molecule has 1 fully saturated rings. The van der Waals surface area contributed by atoms with Crippen LogP contribution in [0.15, 0.2) is 30.5 Å². The van der Waals surface area contributed by atoms with Crippen molar-refractivity contribution >= 4 is 28.5 Å². The Kier molecular flexibility index (Phi) is 3.80. The Morgan fingerprint density at radius 3 is 2.71 bits per heavy atom. The lowest BCUT2D eigenvalue weighted by atomic mass is 10.1. The molecule has 3 heterocycles. The Balaban J connectivity index is 1.77. The van der Waals surface area contributed by atoms with Crippen LogP contribution in [0.1, 0.15) is 24.8 Å². The van der Waals surface area contributed by atoms with Gasteiger partial charge in [-0.1, -0.05) is 12.1 Å². The SMILES string of the molecule is Cc1cccc(Nc2nc(N3CCCCC3)nc3c2cnn3C)c1. The highest BCUT2D eigenvalue weighted by Crippen LogP contribution is 2.27. The van der Waals surface area contributed by atoms with Gasteiger partial charge in [0, 0.05) is 25.8 Å². The van der Waals surface area contributed by atoms with Gasteiger partial charge in [0.2, 0.25) is 5.95 Å². The first kappa shape index (κ1) is 14.9. The van der Waals surface area contributed by atoms with Crippen LogP contribution >= 0.6 is 0 Å². The first-order valence-corrected chi connectivity index (χ1v) is 8.49. The molecule has 0 amide bonds. The Morgan fingerprint density at radius 2 is 1.92 bits per heavy atom. The molecule has 6 heteroatoms. The normalized spacial score (nSPS) is 15.0. The van der Waals surface area contributed by atoms with Gasteiger partial charge in [-0.2, -0.15) is 15.1 Å². The van der Waals surface area contributed by atoms with Crippen LogP contribution in [0.3, 0.4) is 0 Å². The molecular weight excluding hydrogens is 300 g/mol. The third-order valence-corrected chi connectivity index (χ3v) is 4.50. The number of hydrogen-bond donors (Lipinski definition) is 1. The molecule has 0 aliphatic carbocycles. The van der Waals surface area contributed by atoms with Crippen molar-refractivity contribution in [1.82, 2.24) is 19.7 Å². The van der Waals surface area contributed by atoms with Gasteiger partial charge in [0.1, 0.15) is 5.82 Å². The average Bonchev–Trinajstić information content (AvgIpc) is 2.97. The van der Waals surface area contributed by atoms with Gasteiger partial charge < -0.3 is 10.2 Å². The highest BCUT2D eigenvalue weighted by molar-refractivity contribution is 5.89. The first-order chi connectivity index (χ1) is 11.7. The molecule has 1 aliphatic rings. The molecule has 0 unspecified atom stereocenters. The number of hydrogen-bond acceptors (Lipinski definition) is 5. The summed E-state index contributed by atoms with van der Waals surface area (Å²) >= 11 is 0. The molecule has 24 heavy (non-hydrogen) atoms. The van der Waals surface area contributed by atoms with Crippen molar-refractivity contribution in [3.05, 3.63) is 36.0 Å². The lowest BCUT2D eigenvalue weighted by Crippen LogP contribution is -2.31. The number of aromatic nitrogens is 4. The lowest BCUT2D eigenvalue weighted by molar-refractivity contribution is 0.568. The van der Waals surface area contributed by atoms with E-state index in [1.165, 1.54) is 24.8 Å². The van der Waals surface area contributed by atoms with Gasteiger partial charge in [-0.15, -0.1) is 0 Å². The molecule has 1 saturated heterocycles. The van der Waals surface area contributed by atoms with Crippen LogP contribution in [-0.4, -0.2) is 32.8 Å². The van der Waals surface area contributed by atoms with Crippen molar-refractivity contribution in [2.45, 2.75) is 26.2 Å². The van der Waals surface area contributed by atoms with Crippen LogP contribution in [0.25, 0.3) is 11.0 Å². The fourth-order valence-electron chi connectivity index (χ4n) is 3.20. The fourth-order valence-corrected chi connectivity index (χ4v) is 3.20. The number of benzene rings is 1. The molecule has 0 spiro atoms. The molecule has 1 N–H and O–H groups in total. The second kappa shape index (κ2) is 6.11. The number of anilines is 3. The second-order valence-electron chi connectivity index (χ2n) is 6.42. The number of piperidine rings is 1. The number of rotatable bonds is 3. The highest BCUT2D eigenvalue weighted by Gasteiger charge is 2.18. The molecule has 6 nitrogen and oxygen atoms in total. The van der Waals surface area contributed by atoms with Crippen LogP contribution in [-0.2, 0) is 7.05 Å². The van der Waals surface area contributed by atoms with E-state index in [1.54, 1.807) is 0 Å². The van der Waals surface area contributed by atoms with E-state index in [0.29, 0.717) is 0 Å². The average molecular weight is 322 g/mol. The minimum Gasteiger partial charge on any atom is -0.341 e. The van der Waals surface area contributed by atoms with E-state index in [4.69, 9.17) is 9.97 Å². The first-order valence-electron chi connectivity index (χ1n) is 8.49. The molecule has 0 bridgehead atoms. The second-order valence-corrected chi connectivity index (χ2v) is 6.42. The lowest BCUT2D eigenvalue weighted by Gasteiger charge is -2.27. The zero-order valence-electron chi connectivity index (χ0n) is 14.2. The summed E-state index contributed by atoms with van der Waals surface area (Å²) in [7, 11) is 1.92. The van der Waals surface area contributed by atoms with Gasteiger partial charge in [-0.3, -0.25) is 4.68 Å². The van der Waals surface area contributed by atoms with Crippen molar-refractivity contribution < 1.29 is 0 Å². The topological polar surface area (TPSA) is 58.9 Å². The number of nitrogens with zero attached hydrogens (tertiary/aromatic N) is 5. The number of fused-ring (bicyclic) bond motifs is 1. The highest BCUT2D eigenvalue weighted by atomic mass is 15.3. The van der Waals surface area contributed by atoms with E-state index in [0.717, 1.165) is 41.6 Å². The van der Waals surface area contributed by atoms with Crippen molar-refractivity contribution in [1.29, 1.82) is 0 Å². The van der Waals surface area contributed by atoms with Crippen molar-refractivity contribution in [3.8, 4) is 0 Å². The Bertz CT molecular complexity index is 863. The smallest absolute Gasteiger partial charge is 0.229 e. The van der Waals surface area contributed by atoms with E-state index in [-0.39, 0.29) is 0 Å². The monoisotopic (exact) mass is 322 g/mol. The molecule has 0 saturated carbocycles. The molecule has 2 aromatic heterocycles. The molecular formula is C18H22N6. The molecule has 4 rings (SSSR count). The van der Waals surface area contributed by atoms with Gasteiger partial charge in [0.15, 0.2) is 5.65 Å². The summed E-state index contributed by atoms with van der Waals surface area (Å²) < 4.78 is 1.81. The maximum Gasteiger partial charge on any atom is 0.229 e. The molecule has 1 aromatic carbocycles. The summed E-state index contributed by atoms with van der Waals surface area (Å²) in [6.45, 7) is 4.13. The van der Waals surface area contributed by atoms with Crippen molar-refractivity contribution in [2.24, 2.45) is 7.05 Å². The van der Waals surface area contributed by atoms with Crippen molar-refractivity contribution in [3.63, 3.8) is 0 Å². The van der Waals surface area contributed by atoms with Crippen LogP contribution < -0.4 is 10.2 Å². The van der Waals surface area contributed by atoms with Gasteiger partial charge in [0.25, 0.3) is 0 Å². The summed E-state index contributed by atoms with van der Waals surface area (Å²) in [5.74, 6) is 1.61. The maximum atomic E-state index is 4.81. The Labute approximate surface area is 141 Å². The summed E-state index contributed by atoms with van der Waals surface area (Å²) in [5.41, 5.74) is 3.11. The standard InChI is InChI=1S/C18H22N6/c1-13-7-6-8-14(11-13)20-16-15-12-19-23(2)17(15)22-18(21-16)24-9-4-3-5-10-24/h6-8,11-12H,3-5,9-10H2,1-2H3,(H,20,21,22). The molecule has 3 aromatic rings. The Hall–Kier alpha value is -2.63. The van der Waals surface area contributed by atoms with Gasteiger partial charge >= 0.3 is 0 Å². The van der Waals surface area contributed by atoms with Gasteiger partial charge in [0.05, 0.1) is 11.6 Å². The van der Waals surface area contributed by atoms with E-state index < -0.39 is 0 Å².